The lowest BCUT2D eigenvalue weighted by atomic mass is 9.76. The molecule has 2 aliphatic rings. The quantitative estimate of drug-likeness (QED) is 0.859. The van der Waals surface area contributed by atoms with E-state index in [0.29, 0.717) is 18.1 Å². The molecule has 5 nitrogen and oxygen atoms in total. The van der Waals surface area contributed by atoms with Crippen LogP contribution in [-0.4, -0.2) is 37.0 Å². The van der Waals surface area contributed by atoms with Crippen molar-refractivity contribution in [2.24, 2.45) is 11.3 Å². The first-order valence-corrected chi connectivity index (χ1v) is 8.87. The smallest absolute Gasteiger partial charge is 0.321 e. The molecular weight excluding hydrogens is 326 g/mol. The van der Waals surface area contributed by atoms with Gasteiger partial charge in [0, 0.05) is 36.3 Å². The number of rotatable bonds is 2. The molecule has 0 aromatic heterocycles. The molecule has 2 fully saturated rings. The molecular formula is C18H24ClN3O2. The van der Waals surface area contributed by atoms with Gasteiger partial charge in [0.25, 0.3) is 0 Å². The van der Waals surface area contributed by atoms with Crippen molar-refractivity contribution in [3.63, 3.8) is 0 Å². The summed E-state index contributed by atoms with van der Waals surface area (Å²) in [7, 11) is 1.67. The summed E-state index contributed by atoms with van der Waals surface area (Å²) in [6.45, 7) is 3.06. The van der Waals surface area contributed by atoms with Gasteiger partial charge >= 0.3 is 6.03 Å². The third kappa shape index (κ3) is 3.09. The van der Waals surface area contributed by atoms with Gasteiger partial charge in [-0.15, -0.1) is 0 Å². The summed E-state index contributed by atoms with van der Waals surface area (Å²) in [5.74, 6) is -0.0673. The van der Waals surface area contributed by atoms with Crippen LogP contribution in [0.5, 0.6) is 0 Å². The van der Waals surface area contributed by atoms with Crippen molar-refractivity contribution in [3.8, 4) is 0 Å². The van der Waals surface area contributed by atoms with Gasteiger partial charge in [-0.1, -0.05) is 30.5 Å². The number of aryl methyl sites for hydroxylation is 1. The van der Waals surface area contributed by atoms with Crippen molar-refractivity contribution >= 4 is 29.2 Å². The van der Waals surface area contributed by atoms with Crippen LogP contribution in [0.15, 0.2) is 18.2 Å². The zero-order chi connectivity index (χ0) is 17.3. The van der Waals surface area contributed by atoms with E-state index < -0.39 is 0 Å². The maximum Gasteiger partial charge on any atom is 0.321 e. The number of halogens is 1. The average Bonchev–Trinajstić information content (AvgIpc) is 3.18. The number of benzene rings is 1. The number of urea groups is 1. The fourth-order valence-electron chi connectivity index (χ4n) is 4.17. The maximum absolute atomic E-state index is 12.7. The molecule has 1 aliphatic carbocycles. The third-order valence-corrected chi connectivity index (χ3v) is 5.77. The molecule has 24 heavy (non-hydrogen) atoms. The standard InChI is InChI=1S/C18H24ClN3O2/c1-12-5-6-13(19)9-15(12)21-17(24)22-10-14(16(23)20-2)18(11-22)7-3-4-8-18/h5-6,9,14H,3-4,7-8,10-11H2,1-2H3,(H,20,23)(H,21,24). The topological polar surface area (TPSA) is 61.4 Å². The van der Waals surface area contributed by atoms with Crippen LogP contribution in [0.4, 0.5) is 10.5 Å². The van der Waals surface area contributed by atoms with E-state index in [9.17, 15) is 9.59 Å². The van der Waals surface area contributed by atoms with Crippen LogP contribution in [0.2, 0.25) is 5.02 Å². The highest BCUT2D eigenvalue weighted by molar-refractivity contribution is 6.31. The summed E-state index contributed by atoms with van der Waals surface area (Å²) in [5.41, 5.74) is 1.63. The molecule has 1 saturated heterocycles. The summed E-state index contributed by atoms with van der Waals surface area (Å²) < 4.78 is 0. The Bertz CT molecular complexity index is 656. The predicted octanol–water partition coefficient (Wildman–Crippen LogP) is 3.42. The lowest BCUT2D eigenvalue weighted by Crippen LogP contribution is -2.38. The first-order valence-electron chi connectivity index (χ1n) is 8.49. The highest BCUT2D eigenvalue weighted by atomic mass is 35.5. The highest BCUT2D eigenvalue weighted by Gasteiger charge is 2.52. The normalized spacial score (nSPS) is 22.0. The zero-order valence-electron chi connectivity index (χ0n) is 14.2. The van der Waals surface area contributed by atoms with E-state index in [-0.39, 0.29) is 23.3 Å². The van der Waals surface area contributed by atoms with Gasteiger partial charge in [-0.05, 0) is 37.5 Å². The Kier molecular flexibility index (Phi) is 4.72. The Hall–Kier alpha value is -1.75. The number of carbonyl (C=O) groups is 2. The lowest BCUT2D eigenvalue weighted by molar-refractivity contribution is -0.127. The Labute approximate surface area is 147 Å². The Balaban J connectivity index is 1.76. The van der Waals surface area contributed by atoms with Crippen LogP contribution in [0.3, 0.4) is 0 Å². The molecule has 1 aliphatic heterocycles. The molecule has 6 heteroatoms. The molecule has 3 rings (SSSR count). The molecule has 0 bridgehead atoms. The van der Waals surface area contributed by atoms with E-state index in [0.717, 1.165) is 36.9 Å². The molecule has 1 saturated carbocycles. The number of carbonyl (C=O) groups excluding carboxylic acids is 2. The van der Waals surface area contributed by atoms with Crippen molar-refractivity contribution in [2.45, 2.75) is 32.6 Å². The fourth-order valence-corrected chi connectivity index (χ4v) is 4.34. The second-order valence-corrected chi connectivity index (χ2v) is 7.44. The number of anilines is 1. The predicted molar refractivity (Wildman–Crippen MR) is 95.2 cm³/mol. The average molecular weight is 350 g/mol. The van der Waals surface area contributed by atoms with Crippen LogP contribution >= 0.6 is 11.6 Å². The molecule has 1 aromatic rings. The van der Waals surface area contributed by atoms with Crippen LogP contribution in [-0.2, 0) is 4.79 Å². The van der Waals surface area contributed by atoms with Gasteiger partial charge in [0.1, 0.15) is 0 Å². The van der Waals surface area contributed by atoms with Gasteiger partial charge in [0.15, 0.2) is 0 Å². The Morgan fingerprint density at radius 2 is 2.00 bits per heavy atom. The summed E-state index contributed by atoms with van der Waals surface area (Å²) in [5, 5.41) is 6.31. The highest BCUT2D eigenvalue weighted by Crippen LogP contribution is 2.49. The lowest BCUT2D eigenvalue weighted by Gasteiger charge is -2.28. The monoisotopic (exact) mass is 349 g/mol. The molecule has 3 amide bonds. The number of nitrogens with one attached hydrogen (secondary N) is 2. The van der Waals surface area contributed by atoms with Crippen LogP contribution in [0, 0.1) is 18.3 Å². The number of hydrogen-bond acceptors (Lipinski definition) is 2. The summed E-state index contributed by atoms with van der Waals surface area (Å²) in [6.07, 6.45) is 4.31. The maximum atomic E-state index is 12.7. The number of hydrogen-bond donors (Lipinski definition) is 2. The minimum atomic E-state index is -0.155. The summed E-state index contributed by atoms with van der Waals surface area (Å²) in [6, 6.07) is 5.29. The third-order valence-electron chi connectivity index (χ3n) is 5.54. The molecule has 130 valence electrons. The van der Waals surface area contributed by atoms with Gasteiger partial charge in [0.2, 0.25) is 5.91 Å². The molecule has 1 unspecified atom stereocenters. The molecule has 1 heterocycles. The van der Waals surface area contributed by atoms with Crippen molar-refractivity contribution in [1.82, 2.24) is 10.2 Å². The summed E-state index contributed by atoms with van der Waals surface area (Å²) >= 11 is 6.02. The molecule has 1 aromatic carbocycles. The minimum absolute atomic E-state index is 0.0473. The van der Waals surface area contributed by atoms with E-state index >= 15 is 0 Å². The van der Waals surface area contributed by atoms with Crippen molar-refractivity contribution in [3.05, 3.63) is 28.8 Å². The zero-order valence-corrected chi connectivity index (χ0v) is 14.9. The van der Waals surface area contributed by atoms with E-state index in [1.165, 1.54) is 0 Å². The van der Waals surface area contributed by atoms with E-state index in [4.69, 9.17) is 11.6 Å². The SMILES string of the molecule is CNC(=O)C1CN(C(=O)Nc2cc(Cl)ccc2C)CC12CCCC2. The molecule has 0 radical (unpaired) electrons. The number of amides is 3. The van der Waals surface area contributed by atoms with Crippen molar-refractivity contribution in [1.29, 1.82) is 0 Å². The second kappa shape index (κ2) is 6.63. The number of likely N-dealkylation sites (tertiary alicyclic amines) is 1. The van der Waals surface area contributed by atoms with Gasteiger partial charge < -0.3 is 15.5 Å². The molecule has 2 N–H and O–H groups in total. The Morgan fingerprint density at radius 1 is 1.29 bits per heavy atom. The van der Waals surface area contributed by atoms with Gasteiger partial charge in [0.05, 0.1) is 5.92 Å². The second-order valence-electron chi connectivity index (χ2n) is 7.01. The van der Waals surface area contributed by atoms with Crippen molar-refractivity contribution < 1.29 is 9.59 Å². The van der Waals surface area contributed by atoms with E-state index in [1.54, 1.807) is 24.1 Å². The first-order chi connectivity index (χ1) is 11.4. The Morgan fingerprint density at radius 3 is 2.67 bits per heavy atom. The molecule has 1 atom stereocenters. The van der Waals surface area contributed by atoms with E-state index in [2.05, 4.69) is 10.6 Å². The fraction of sp³-hybridized carbons (Fsp3) is 0.556. The number of nitrogens with zero attached hydrogens (tertiary/aromatic N) is 1. The summed E-state index contributed by atoms with van der Waals surface area (Å²) in [4.78, 5) is 26.8. The van der Waals surface area contributed by atoms with Crippen LogP contribution < -0.4 is 10.6 Å². The van der Waals surface area contributed by atoms with Crippen LogP contribution in [0.25, 0.3) is 0 Å². The van der Waals surface area contributed by atoms with Crippen molar-refractivity contribution in [2.75, 3.05) is 25.5 Å². The first kappa shape index (κ1) is 17.1. The van der Waals surface area contributed by atoms with Crippen LogP contribution in [0.1, 0.15) is 31.2 Å². The van der Waals surface area contributed by atoms with Gasteiger partial charge in [-0.25, -0.2) is 4.79 Å². The van der Waals surface area contributed by atoms with Gasteiger partial charge in [-0.3, -0.25) is 4.79 Å². The molecule has 1 spiro atoms. The minimum Gasteiger partial charge on any atom is -0.359 e. The van der Waals surface area contributed by atoms with Gasteiger partial charge in [-0.2, -0.15) is 0 Å². The largest absolute Gasteiger partial charge is 0.359 e. The van der Waals surface area contributed by atoms with E-state index in [1.807, 2.05) is 13.0 Å².